The monoisotopic (exact) mass is 435 g/mol. The van der Waals surface area contributed by atoms with Crippen molar-refractivity contribution in [3.8, 4) is 12.3 Å². The van der Waals surface area contributed by atoms with Crippen molar-refractivity contribution < 1.29 is 18.9 Å². The molecular weight excluding hydrogens is 413 g/mol. The maximum atomic E-state index is 12.8. The fourth-order valence-corrected chi connectivity index (χ4v) is 4.27. The van der Waals surface area contributed by atoms with Crippen molar-refractivity contribution >= 4 is 7.37 Å². The molecule has 11 heteroatoms. The van der Waals surface area contributed by atoms with E-state index in [0.29, 0.717) is 4.57 Å². The first kappa shape index (κ1) is 23.4. The number of rotatable bonds is 10. The van der Waals surface area contributed by atoms with Crippen molar-refractivity contribution in [1.29, 1.82) is 0 Å². The topological polar surface area (TPSA) is 140 Å². The molecule has 0 saturated heterocycles. The van der Waals surface area contributed by atoms with Crippen LogP contribution in [0.2, 0.25) is 0 Å². The van der Waals surface area contributed by atoms with Gasteiger partial charge in [0.25, 0.3) is 11.2 Å². The minimum Gasteiger partial charge on any atom is -0.384 e. The number of aromatic nitrogens is 2. The van der Waals surface area contributed by atoms with Gasteiger partial charge in [-0.1, -0.05) is 30.3 Å². The molecule has 30 heavy (non-hydrogen) atoms. The molecule has 4 atom stereocenters. The molecule has 0 aliphatic carbocycles. The second-order valence-electron chi connectivity index (χ2n) is 6.61. The quantitative estimate of drug-likeness (QED) is 0.323. The number of methoxy groups -OCH3 is 1. The van der Waals surface area contributed by atoms with Gasteiger partial charge in [-0.2, -0.15) is 0 Å². The van der Waals surface area contributed by atoms with Gasteiger partial charge in [0.2, 0.25) is 7.37 Å². The van der Waals surface area contributed by atoms with Gasteiger partial charge in [-0.25, -0.2) is 4.79 Å². The summed E-state index contributed by atoms with van der Waals surface area (Å²) < 4.78 is 24.1. The number of terminal acetylenes is 1. The van der Waals surface area contributed by atoms with E-state index >= 15 is 0 Å². The second kappa shape index (κ2) is 9.78. The van der Waals surface area contributed by atoms with E-state index < -0.39 is 43.1 Å². The SMILES string of the molecule is C#C[C@@](N=O)([C@H](O)[C@@H](COP(C)(=O)Cc1ccccc1)OC)n1ccc(=O)[nH]c1=O. The third kappa shape index (κ3) is 5.20. The van der Waals surface area contributed by atoms with Crippen molar-refractivity contribution in [2.45, 2.75) is 24.0 Å². The zero-order valence-electron chi connectivity index (χ0n) is 16.4. The summed E-state index contributed by atoms with van der Waals surface area (Å²) in [4.78, 5) is 37.0. The van der Waals surface area contributed by atoms with Crippen molar-refractivity contribution in [2.24, 2.45) is 5.18 Å². The predicted molar refractivity (Wildman–Crippen MR) is 110 cm³/mol. The van der Waals surface area contributed by atoms with Crippen LogP contribution in [0.3, 0.4) is 0 Å². The van der Waals surface area contributed by atoms with Gasteiger partial charge in [0, 0.05) is 32.2 Å². The van der Waals surface area contributed by atoms with E-state index in [2.05, 4.69) is 5.18 Å². The predicted octanol–water partition coefficient (Wildman–Crippen LogP) is 1.09. The number of aliphatic hydroxyl groups excluding tert-OH is 1. The van der Waals surface area contributed by atoms with Gasteiger partial charge in [0.1, 0.15) is 12.2 Å². The van der Waals surface area contributed by atoms with E-state index in [1.807, 2.05) is 17.0 Å². The van der Waals surface area contributed by atoms with Crippen molar-refractivity contribution in [3.63, 3.8) is 0 Å². The van der Waals surface area contributed by atoms with E-state index in [1.165, 1.54) is 13.8 Å². The van der Waals surface area contributed by atoms with Gasteiger partial charge in [-0.05, 0) is 16.7 Å². The van der Waals surface area contributed by atoms with Gasteiger partial charge in [-0.3, -0.25) is 18.9 Å². The summed E-state index contributed by atoms with van der Waals surface area (Å²) >= 11 is 0. The fourth-order valence-electron chi connectivity index (χ4n) is 2.85. The Morgan fingerprint density at radius 2 is 2.00 bits per heavy atom. The average molecular weight is 435 g/mol. The standard InChI is InChI=1S/C19H22N3O7P/c1-4-19(21-26,22-11-10-16(23)20-18(22)25)17(24)15(28-2)12-29-30(3,27)13-14-8-6-5-7-9-14/h1,5-11,15,17,24H,12-13H2,2-3H3,(H,20,23,25)/t15-,17-,19+,30?/m1/s1. The molecule has 0 aliphatic heterocycles. The van der Waals surface area contributed by atoms with E-state index in [0.717, 1.165) is 17.8 Å². The molecule has 0 saturated carbocycles. The van der Waals surface area contributed by atoms with Crippen LogP contribution in [0, 0.1) is 17.3 Å². The number of benzene rings is 1. The molecule has 0 spiro atoms. The number of nitrogens with zero attached hydrogens (tertiary/aromatic N) is 2. The lowest BCUT2D eigenvalue weighted by Gasteiger charge is -2.32. The molecule has 1 aromatic carbocycles. The highest BCUT2D eigenvalue weighted by molar-refractivity contribution is 7.57. The molecule has 1 heterocycles. The Hall–Kier alpha value is -2.83. The normalized spacial score (nSPS) is 17.1. The molecule has 160 valence electrons. The minimum absolute atomic E-state index is 0.145. The molecule has 0 aliphatic rings. The first-order valence-electron chi connectivity index (χ1n) is 8.79. The van der Waals surface area contributed by atoms with Crippen molar-refractivity contribution in [3.05, 3.63) is 73.9 Å². The van der Waals surface area contributed by atoms with Crippen LogP contribution >= 0.6 is 7.37 Å². The summed E-state index contributed by atoms with van der Waals surface area (Å²) in [5.74, 6) is 2.00. The number of aromatic amines is 1. The zero-order chi connectivity index (χ0) is 22.4. The van der Waals surface area contributed by atoms with Gasteiger partial charge in [0.15, 0.2) is 0 Å². The fraction of sp³-hybridized carbons (Fsp3) is 0.368. The first-order chi connectivity index (χ1) is 14.2. The van der Waals surface area contributed by atoms with Crippen LogP contribution in [0.1, 0.15) is 5.56 Å². The van der Waals surface area contributed by atoms with E-state index in [9.17, 15) is 24.2 Å². The molecule has 0 amide bonds. The maximum absolute atomic E-state index is 12.8. The molecule has 0 fully saturated rings. The number of nitroso groups, excluding NO2 is 1. The van der Waals surface area contributed by atoms with E-state index in [1.54, 1.807) is 24.3 Å². The highest BCUT2D eigenvalue weighted by atomic mass is 31.2. The zero-order valence-corrected chi connectivity index (χ0v) is 17.3. The highest BCUT2D eigenvalue weighted by Gasteiger charge is 2.46. The van der Waals surface area contributed by atoms with Crippen LogP contribution < -0.4 is 11.2 Å². The summed E-state index contributed by atoms with van der Waals surface area (Å²) in [5.41, 5.74) is -3.39. The lowest BCUT2D eigenvalue weighted by atomic mass is 9.99. The Labute approximate surface area is 172 Å². The number of hydrogen-bond acceptors (Lipinski definition) is 8. The summed E-state index contributed by atoms with van der Waals surface area (Å²) in [6.07, 6.45) is 3.40. The molecular formula is C19H22N3O7P. The van der Waals surface area contributed by atoms with Gasteiger partial charge >= 0.3 is 5.69 Å². The molecule has 0 radical (unpaired) electrons. The van der Waals surface area contributed by atoms with Crippen LogP contribution in [0.15, 0.2) is 57.4 Å². The maximum Gasteiger partial charge on any atom is 0.331 e. The second-order valence-corrected chi connectivity index (χ2v) is 9.22. The summed E-state index contributed by atoms with van der Waals surface area (Å²) in [6, 6.07) is 9.97. The average Bonchev–Trinajstić information content (AvgIpc) is 2.71. The van der Waals surface area contributed by atoms with Crippen LogP contribution in [0.5, 0.6) is 0 Å². The molecule has 1 aromatic heterocycles. The van der Waals surface area contributed by atoms with E-state index in [-0.39, 0.29) is 6.16 Å². The third-order valence-electron chi connectivity index (χ3n) is 4.43. The summed E-state index contributed by atoms with van der Waals surface area (Å²) in [5, 5.41) is 13.6. The highest BCUT2D eigenvalue weighted by Crippen LogP contribution is 2.46. The summed E-state index contributed by atoms with van der Waals surface area (Å²) in [7, 11) is -1.93. The number of ether oxygens (including phenoxy) is 1. The lowest BCUT2D eigenvalue weighted by molar-refractivity contribution is -0.0738. The number of H-pyrrole nitrogens is 1. The lowest BCUT2D eigenvalue weighted by Crippen LogP contribution is -2.54. The Morgan fingerprint density at radius 1 is 1.33 bits per heavy atom. The number of aliphatic hydroxyl groups is 1. The molecule has 2 aromatic rings. The molecule has 2 N–H and O–H groups in total. The van der Waals surface area contributed by atoms with E-state index in [4.69, 9.17) is 15.7 Å². The first-order valence-corrected chi connectivity index (χ1v) is 11.1. The molecule has 10 nitrogen and oxygen atoms in total. The van der Waals surface area contributed by atoms with Crippen molar-refractivity contribution in [1.82, 2.24) is 9.55 Å². The summed E-state index contributed by atoms with van der Waals surface area (Å²) in [6.45, 7) is 1.03. The van der Waals surface area contributed by atoms with Gasteiger partial charge in [0.05, 0.1) is 6.61 Å². The van der Waals surface area contributed by atoms with Crippen LogP contribution in [-0.2, 0) is 25.7 Å². The largest absolute Gasteiger partial charge is 0.384 e. The van der Waals surface area contributed by atoms with Gasteiger partial charge in [-0.15, -0.1) is 11.3 Å². The number of nitrogens with one attached hydrogen (secondary N) is 1. The minimum atomic E-state index is -3.15. The molecule has 2 rings (SSSR count). The Bertz CT molecular complexity index is 1080. The molecule has 1 unspecified atom stereocenters. The number of hydrogen-bond donors (Lipinski definition) is 2. The third-order valence-corrected chi connectivity index (χ3v) is 6.07. The van der Waals surface area contributed by atoms with Gasteiger partial charge < -0.3 is 14.4 Å². The smallest absolute Gasteiger partial charge is 0.331 e. The Balaban J connectivity index is 2.26. The molecule has 0 bridgehead atoms. The Kier molecular flexibility index (Phi) is 7.65. The van der Waals surface area contributed by atoms with Crippen LogP contribution in [0.4, 0.5) is 0 Å². The van der Waals surface area contributed by atoms with Crippen LogP contribution in [0.25, 0.3) is 0 Å². The van der Waals surface area contributed by atoms with Crippen molar-refractivity contribution in [2.75, 3.05) is 20.4 Å². The van der Waals surface area contributed by atoms with Crippen LogP contribution in [-0.4, -0.2) is 47.2 Å². The Morgan fingerprint density at radius 3 is 2.53 bits per heavy atom.